The highest BCUT2D eigenvalue weighted by molar-refractivity contribution is 6.03. The summed E-state index contributed by atoms with van der Waals surface area (Å²) in [5, 5.41) is 9.24. The first-order valence-corrected chi connectivity index (χ1v) is 6.70. The van der Waals surface area contributed by atoms with Gasteiger partial charge in [-0.1, -0.05) is 24.3 Å². The van der Waals surface area contributed by atoms with E-state index in [1.54, 1.807) is 11.1 Å². The van der Waals surface area contributed by atoms with Crippen LogP contribution < -0.4 is 4.90 Å². The Morgan fingerprint density at radius 1 is 1.20 bits per heavy atom. The van der Waals surface area contributed by atoms with Crippen molar-refractivity contribution in [2.45, 2.75) is 12.8 Å². The van der Waals surface area contributed by atoms with E-state index >= 15 is 0 Å². The largest absolute Gasteiger partial charge is 0.395 e. The molecule has 1 aliphatic heterocycles. The molecule has 102 valence electrons. The maximum atomic E-state index is 12.6. The zero-order chi connectivity index (χ0) is 14.1. The van der Waals surface area contributed by atoms with E-state index in [0.29, 0.717) is 5.82 Å². The molecule has 4 nitrogen and oxygen atoms in total. The van der Waals surface area contributed by atoms with E-state index in [4.69, 9.17) is 0 Å². The summed E-state index contributed by atoms with van der Waals surface area (Å²) in [7, 11) is 0. The number of β-amino-alcohol motifs (C(OH)–C–C–N with tert-alkyl or cyclic N) is 1. The van der Waals surface area contributed by atoms with Crippen molar-refractivity contribution in [2.75, 3.05) is 18.1 Å². The summed E-state index contributed by atoms with van der Waals surface area (Å²) >= 11 is 0. The minimum atomic E-state index is -0.244. The zero-order valence-corrected chi connectivity index (χ0v) is 11.3. The predicted molar refractivity (Wildman–Crippen MR) is 77.5 cm³/mol. The smallest absolute Gasteiger partial charge is 0.235 e. The second-order valence-corrected chi connectivity index (χ2v) is 4.90. The van der Waals surface area contributed by atoms with Gasteiger partial charge in [-0.3, -0.25) is 9.69 Å². The summed E-state index contributed by atoms with van der Waals surface area (Å²) < 4.78 is 0. The molecule has 1 unspecified atom stereocenters. The molecule has 0 saturated carbocycles. The molecule has 20 heavy (non-hydrogen) atoms. The van der Waals surface area contributed by atoms with Crippen LogP contribution in [0.4, 0.5) is 5.82 Å². The first kappa shape index (κ1) is 12.8. The van der Waals surface area contributed by atoms with Gasteiger partial charge in [-0.25, -0.2) is 4.98 Å². The summed E-state index contributed by atoms with van der Waals surface area (Å²) in [4.78, 5) is 18.6. The van der Waals surface area contributed by atoms with E-state index in [9.17, 15) is 9.90 Å². The molecule has 1 aliphatic rings. The van der Waals surface area contributed by atoms with Crippen LogP contribution in [0.2, 0.25) is 0 Å². The summed E-state index contributed by atoms with van der Waals surface area (Å²) in [6.07, 6.45) is 1.68. The molecule has 1 amide bonds. The number of anilines is 1. The molecule has 4 heteroatoms. The van der Waals surface area contributed by atoms with Crippen LogP contribution in [-0.4, -0.2) is 29.1 Å². The van der Waals surface area contributed by atoms with Crippen LogP contribution in [-0.2, 0) is 4.79 Å². The minimum Gasteiger partial charge on any atom is -0.395 e. The number of benzene rings is 1. The molecule has 2 heterocycles. The fourth-order valence-corrected chi connectivity index (χ4v) is 2.73. The van der Waals surface area contributed by atoms with Gasteiger partial charge in [0.2, 0.25) is 5.91 Å². The van der Waals surface area contributed by atoms with Crippen molar-refractivity contribution < 1.29 is 9.90 Å². The highest BCUT2D eigenvalue weighted by Crippen LogP contribution is 2.39. The van der Waals surface area contributed by atoms with Gasteiger partial charge in [0.1, 0.15) is 5.82 Å². The third-order valence-corrected chi connectivity index (χ3v) is 3.72. The van der Waals surface area contributed by atoms with Gasteiger partial charge in [0.25, 0.3) is 0 Å². The summed E-state index contributed by atoms with van der Waals surface area (Å²) in [6, 6.07) is 11.7. The number of carbonyl (C=O) groups excluding carboxylic acids is 1. The summed E-state index contributed by atoms with van der Waals surface area (Å²) in [5.74, 6) is 0.360. The molecule has 0 saturated heterocycles. The highest BCUT2D eigenvalue weighted by atomic mass is 16.3. The van der Waals surface area contributed by atoms with Gasteiger partial charge < -0.3 is 5.11 Å². The Morgan fingerprint density at radius 2 is 1.95 bits per heavy atom. The lowest BCUT2D eigenvalue weighted by atomic mass is 9.93. The molecule has 0 fully saturated rings. The average Bonchev–Trinajstić information content (AvgIpc) is 2.58. The van der Waals surface area contributed by atoms with Crippen LogP contribution in [0.15, 0.2) is 42.6 Å². The number of nitrogens with zero attached hydrogens (tertiary/aromatic N) is 2. The van der Waals surface area contributed by atoms with Crippen molar-refractivity contribution in [1.29, 1.82) is 0 Å². The molecule has 1 aromatic carbocycles. The Balaban J connectivity index is 2.28. The van der Waals surface area contributed by atoms with Gasteiger partial charge in [-0.2, -0.15) is 0 Å². The Labute approximate surface area is 117 Å². The number of carbonyl (C=O) groups is 1. The van der Waals surface area contributed by atoms with Gasteiger partial charge in [-0.15, -0.1) is 0 Å². The number of hydrogen-bond donors (Lipinski definition) is 1. The third-order valence-electron chi connectivity index (χ3n) is 3.72. The lowest BCUT2D eigenvalue weighted by Crippen LogP contribution is -2.36. The third kappa shape index (κ3) is 1.89. The number of aromatic nitrogens is 1. The number of aliphatic hydroxyl groups excluding tert-OH is 1. The summed E-state index contributed by atoms with van der Waals surface area (Å²) in [5.41, 5.74) is 2.98. The van der Waals surface area contributed by atoms with Crippen LogP contribution >= 0.6 is 0 Å². The van der Waals surface area contributed by atoms with Gasteiger partial charge in [0.05, 0.1) is 19.1 Å². The molecular formula is C16H16N2O2. The van der Waals surface area contributed by atoms with Crippen molar-refractivity contribution in [2.24, 2.45) is 0 Å². The minimum absolute atomic E-state index is 0.0241. The van der Waals surface area contributed by atoms with Crippen LogP contribution in [0, 0.1) is 0 Å². The fraction of sp³-hybridized carbons (Fsp3) is 0.250. The molecular weight excluding hydrogens is 252 g/mol. The van der Waals surface area contributed by atoms with Crippen molar-refractivity contribution >= 4 is 11.7 Å². The van der Waals surface area contributed by atoms with Crippen molar-refractivity contribution in [1.82, 2.24) is 4.98 Å². The van der Waals surface area contributed by atoms with Gasteiger partial charge in [0, 0.05) is 11.8 Å². The van der Waals surface area contributed by atoms with Gasteiger partial charge in [-0.05, 0) is 30.2 Å². The molecule has 2 aromatic rings. The lowest BCUT2D eigenvalue weighted by Gasteiger charge is -2.22. The van der Waals surface area contributed by atoms with Crippen LogP contribution in [0.25, 0.3) is 11.1 Å². The Bertz CT molecular complexity index is 654. The molecule has 1 aromatic heterocycles. The van der Waals surface area contributed by atoms with Crippen molar-refractivity contribution in [3.05, 3.63) is 48.2 Å². The van der Waals surface area contributed by atoms with Crippen molar-refractivity contribution in [3.8, 4) is 11.1 Å². The molecule has 1 N–H and O–H groups in total. The molecule has 0 radical (unpaired) electrons. The normalized spacial score (nSPS) is 17.4. The number of rotatable bonds is 2. The molecule has 0 spiro atoms. The highest BCUT2D eigenvalue weighted by Gasteiger charge is 2.31. The maximum absolute atomic E-state index is 12.6. The Morgan fingerprint density at radius 3 is 2.75 bits per heavy atom. The van der Waals surface area contributed by atoms with E-state index in [1.807, 2.05) is 43.3 Å². The van der Waals surface area contributed by atoms with E-state index in [1.165, 1.54) is 0 Å². The van der Waals surface area contributed by atoms with E-state index in [2.05, 4.69) is 4.98 Å². The number of hydrogen-bond acceptors (Lipinski definition) is 3. The molecule has 0 bridgehead atoms. The van der Waals surface area contributed by atoms with Crippen LogP contribution in [0.1, 0.15) is 18.4 Å². The Hall–Kier alpha value is -2.20. The first-order valence-electron chi connectivity index (χ1n) is 6.70. The van der Waals surface area contributed by atoms with E-state index in [0.717, 1.165) is 16.7 Å². The topological polar surface area (TPSA) is 53.4 Å². The van der Waals surface area contributed by atoms with Crippen LogP contribution in [0.3, 0.4) is 0 Å². The predicted octanol–water partition coefficient (Wildman–Crippen LogP) is 2.19. The number of pyridine rings is 1. The maximum Gasteiger partial charge on any atom is 0.235 e. The number of aliphatic hydroxyl groups is 1. The second-order valence-electron chi connectivity index (χ2n) is 4.90. The van der Waals surface area contributed by atoms with Gasteiger partial charge >= 0.3 is 0 Å². The number of amides is 1. The van der Waals surface area contributed by atoms with Gasteiger partial charge in [0.15, 0.2) is 0 Å². The van der Waals surface area contributed by atoms with Crippen molar-refractivity contribution in [3.63, 3.8) is 0 Å². The first-order chi connectivity index (χ1) is 9.74. The summed E-state index contributed by atoms with van der Waals surface area (Å²) in [6.45, 7) is 2.09. The molecule has 0 aliphatic carbocycles. The lowest BCUT2D eigenvalue weighted by molar-refractivity contribution is -0.119. The molecule has 1 atom stereocenters. The zero-order valence-electron chi connectivity index (χ0n) is 11.3. The molecule has 3 rings (SSSR count). The quantitative estimate of drug-likeness (QED) is 0.908. The van der Waals surface area contributed by atoms with E-state index in [-0.39, 0.29) is 25.0 Å². The standard InChI is InChI=1S/C16H16N2O2/c1-11-12-5-2-3-6-13(12)14-7-4-8-17-15(14)18(9-10-19)16(11)20/h2-8,11,19H,9-10H2,1H3. The monoisotopic (exact) mass is 268 g/mol. The average molecular weight is 268 g/mol. The SMILES string of the molecule is CC1C(=O)N(CCO)c2ncccc2-c2ccccc21. The Kier molecular flexibility index (Phi) is 3.24. The van der Waals surface area contributed by atoms with E-state index < -0.39 is 0 Å². The second kappa shape index (κ2) is 5.06. The van der Waals surface area contributed by atoms with Crippen LogP contribution in [0.5, 0.6) is 0 Å². The number of fused-ring (bicyclic) bond motifs is 3. The fourth-order valence-electron chi connectivity index (χ4n) is 2.73.